The van der Waals surface area contributed by atoms with Crippen LogP contribution in [0.5, 0.6) is 5.75 Å². The lowest BCUT2D eigenvalue weighted by Gasteiger charge is -2.02. The monoisotopic (exact) mass is 249 g/mol. The highest BCUT2D eigenvalue weighted by atomic mass is 16.6. The topological polar surface area (TPSA) is 78.7 Å². The number of carbonyl (C=O) groups is 1. The van der Waals surface area contributed by atoms with E-state index in [1.54, 1.807) is 12.1 Å². The second kappa shape index (κ2) is 4.87. The zero-order valence-corrected chi connectivity index (χ0v) is 9.71. The Labute approximate surface area is 103 Å². The summed E-state index contributed by atoms with van der Waals surface area (Å²) in [5, 5.41) is 10.8. The smallest absolute Gasteiger partial charge is 0.334 e. The highest BCUT2D eigenvalue weighted by molar-refractivity contribution is 5.95. The number of hydrogen-bond acceptors (Lipinski definition) is 5. The molecule has 1 aliphatic rings. The second-order valence-electron chi connectivity index (χ2n) is 3.74. The van der Waals surface area contributed by atoms with Gasteiger partial charge in [0.05, 0.1) is 18.6 Å². The van der Waals surface area contributed by atoms with E-state index in [-0.39, 0.29) is 17.4 Å². The van der Waals surface area contributed by atoms with Crippen molar-refractivity contribution >= 4 is 17.7 Å². The quantitative estimate of drug-likeness (QED) is 0.354. The Morgan fingerprint density at radius 2 is 2.28 bits per heavy atom. The van der Waals surface area contributed by atoms with Crippen LogP contribution in [0, 0.1) is 10.1 Å². The largest absolute Gasteiger partial charge is 0.490 e. The fraction of sp³-hybridized carbons (Fsp3) is 0.250. The molecule has 0 N–H and O–H groups in total. The van der Waals surface area contributed by atoms with Crippen LogP contribution < -0.4 is 4.74 Å². The summed E-state index contributed by atoms with van der Waals surface area (Å²) in [6.07, 6.45) is 2.13. The van der Waals surface area contributed by atoms with Crippen LogP contribution in [0.25, 0.3) is 6.08 Å². The molecule has 94 valence electrons. The van der Waals surface area contributed by atoms with Gasteiger partial charge in [0.15, 0.2) is 5.75 Å². The minimum Gasteiger partial charge on any atom is -0.490 e. The number of ether oxygens (including phenoxy) is 2. The van der Waals surface area contributed by atoms with Crippen molar-refractivity contribution in [1.29, 1.82) is 0 Å². The first-order valence-electron chi connectivity index (χ1n) is 5.32. The Morgan fingerprint density at radius 1 is 1.50 bits per heavy atom. The number of nitrogens with zero attached hydrogens (tertiary/aromatic N) is 1. The number of nitro groups is 1. The number of carbonyl (C=O) groups excluding carboxylic acids is 1. The molecule has 0 aliphatic carbocycles. The minimum absolute atomic E-state index is 0.127. The lowest BCUT2D eigenvalue weighted by Crippen LogP contribution is -1.96. The van der Waals surface area contributed by atoms with Crippen LogP contribution in [-0.2, 0) is 9.53 Å². The van der Waals surface area contributed by atoms with Gasteiger partial charge in [0.25, 0.3) is 0 Å². The molecule has 0 aromatic heterocycles. The molecule has 2 rings (SSSR count). The van der Waals surface area contributed by atoms with Gasteiger partial charge in [0.1, 0.15) is 0 Å². The Balaban J connectivity index is 2.38. The molecule has 0 saturated carbocycles. The SMILES string of the molecule is COc1ccc(C=C2CCOC2=O)cc1[N+](=O)[O-]. The zero-order chi connectivity index (χ0) is 13.1. The normalized spacial score (nSPS) is 16.7. The minimum atomic E-state index is -0.520. The predicted molar refractivity (Wildman–Crippen MR) is 63.2 cm³/mol. The van der Waals surface area contributed by atoms with Crippen LogP contribution in [0.2, 0.25) is 0 Å². The van der Waals surface area contributed by atoms with Crippen molar-refractivity contribution in [2.24, 2.45) is 0 Å². The van der Waals surface area contributed by atoms with E-state index < -0.39 is 4.92 Å². The molecule has 6 heteroatoms. The number of cyclic esters (lactones) is 1. The molecular formula is C12H11NO5. The first kappa shape index (κ1) is 12.1. The summed E-state index contributed by atoms with van der Waals surface area (Å²) in [6.45, 7) is 0.364. The molecule has 1 aromatic carbocycles. The van der Waals surface area contributed by atoms with Crippen molar-refractivity contribution in [3.8, 4) is 5.75 Å². The standard InChI is InChI=1S/C12H11NO5/c1-17-11-3-2-8(7-10(11)13(15)16)6-9-4-5-18-12(9)14/h2-3,6-7H,4-5H2,1H3. The molecule has 1 heterocycles. The van der Waals surface area contributed by atoms with E-state index in [0.717, 1.165) is 0 Å². The van der Waals surface area contributed by atoms with E-state index in [9.17, 15) is 14.9 Å². The maximum atomic E-state index is 11.3. The van der Waals surface area contributed by atoms with Crippen molar-refractivity contribution in [2.75, 3.05) is 13.7 Å². The van der Waals surface area contributed by atoms with Crippen molar-refractivity contribution in [3.05, 3.63) is 39.4 Å². The third-order valence-corrected chi connectivity index (χ3v) is 2.61. The molecule has 18 heavy (non-hydrogen) atoms. The number of rotatable bonds is 3. The Bertz CT molecular complexity index is 535. The number of esters is 1. The second-order valence-corrected chi connectivity index (χ2v) is 3.74. The van der Waals surface area contributed by atoms with E-state index >= 15 is 0 Å². The molecule has 0 radical (unpaired) electrons. The average Bonchev–Trinajstić information content (AvgIpc) is 2.75. The fourth-order valence-corrected chi connectivity index (χ4v) is 1.72. The van der Waals surface area contributed by atoms with Gasteiger partial charge in [0, 0.05) is 18.1 Å². The van der Waals surface area contributed by atoms with Crippen LogP contribution in [-0.4, -0.2) is 24.6 Å². The third kappa shape index (κ3) is 2.32. The van der Waals surface area contributed by atoms with Gasteiger partial charge in [-0.05, 0) is 17.7 Å². The number of nitro benzene ring substituents is 1. The molecule has 0 amide bonds. The molecule has 1 aromatic rings. The van der Waals surface area contributed by atoms with Gasteiger partial charge in [-0.3, -0.25) is 10.1 Å². The first-order valence-corrected chi connectivity index (χ1v) is 5.32. The van der Waals surface area contributed by atoms with Gasteiger partial charge in [-0.2, -0.15) is 0 Å². The summed E-state index contributed by atoms with van der Waals surface area (Å²) >= 11 is 0. The van der Waals surface area contributed by atoms with Crippen LogP contribution in [0.15, 0.2) is 23.8 Å². The molecule has 0 unspecified atom stereocenters. The molecule has 0 spiro atoms. The van der Waals surface area contributed by atoms with Crippen molar-refractivity contribution in [2.45, 2.75) is 6.42 Å². The number of benzene rings is 1. The van der Waals surface area contributed by atoms with Gasteiger partial charge in [-0.1, -0.05) is 6.07 Å². The first-order chi connectivity index (χ1) is 8.61. The van der Waals surface area contributed by atoms with Gasteiger partial charge in [0.2, 0.25) is 0 Å². The maximum absolute atomic E-state index is 11.3. The highest BCUT2D eigenvalue weighted by Gasteiger charge is 2.20. The molecule has 0 bridgehead atoms. The van der Waals surface area contributed by atoms with E-state index in [0.29, 0.717) is 24.2 Å². The molecule has 0 atom stereocenters. The van der Waals surface area contributed by atoms with E-state index in [4.69, 9.17) is 9.47 Å². The molecule has 1 fully saturated rings. The summed E-state index contributed by atoms with van der Waals surface area (Å²) in [4.78, 5) is 21.6. The van der Waals surface area contributed by atoms with E-state index in [2.05, 4.69) is 0 Å². The average molecular weight is 249 g/mol. The van der Waals surface area contributed by atoms with Gasteiger partial charge >= 0.3 is 11.7 Å². The molecule has 1 aliphatic heterocycles. The Kier molecular flexibility index (Phi) is 3.27. The summed E-state index contributed by atoms with van der Waals surface area (Å²) in [6, 6.07) is 4.53. The van der Waals surface area contributed by atoms with Crippen molar-refractivity contribution in [3.63, 3.8) is 0 Å². The molecule has 1 saturated heterocycles. The lowest BCUT2D eigenvalue weighted by molar-refractivity contribution is -0.385. The molecule has 6 nitrogen and oxygen atoms in total. The van der Waals surface area contributed by atoms with Gasteiger partial charge < -0.3 is 9.47 Å². The predicted octanol–water partition coefficient (Wildman–Crippen LogP) is 1.93. The van der Waals surface area contributed by atoms with Crippen molar-refractivity contribution < 1.29 is 19.2 Å². The Hall–Kier alpha value is -2.37. The summed E-state index contributed by atoms with van der Waals surface area (Å²) < 4.78 is 9.69. The molecular weight excluding hydrogens is 238 g/mol. The summed E-state index contributed by atoms with van der Waals surface area (Å²) in [7, 11) is 1.37. The van der Waals surface area contributed by atoms with Crippen LogP contribution in [0.3, 0.4) is 0 Å². The van der Waals surface area contributed by atoms with E-state index in [1.807, 2.05) is 0 Å². The summed E-state index contributed by atoms with van der Waals surface area (Å²) in [5.74, 6) is -0.176. The van der Waals surface area contributed by atoms with Gasteiger partial charge in [-0.15, -0.1) is 0 Å². The summed E-state index contributed by atoms with van der Waals surface area (Å²) in [5.41, 5.74) is 0.976. The Morgan fingerprint density at radius 3 is 2.83 bits per heavy atom. The van der Waals surface area contributed by atoms with Crippen LogP contribution in [0.4, 0.5) is 5.69 Å². The van der Waals surface area contributed by atoms with Crippen LogP contribution in [0.1, 0.15) is 12.0 Å². The third-order valence-electron chi connectivity index (χ3n) is 2.61. The number of hydrogen-bond donors (Lipinski definition) is 0. The van der Waals surface area contributed by atoms with E-state index in [1.165, 1.54) is 19.2 Å². The lowest BCUT2D eigenvalue weighted by atomic mass is 10.1. The van der Waals surface area contributed by atoms with Crippen molar-refractivity contribution in [1.82, 2.24) is 0 Å². The van der Waals surface area contributed by atoms with Gasteiger partial charge in [-0.25, -0.2) is 4.79 Å². The maximum Gasteiger partial charge on any atom is 0.334 e. The highest BCUT2D eigenvalue weighted by Crippen LogP contribution is 2.29. The van der Waals surface area contributed by atoms with Crippen LogP contribution >= 0.6 is 0 Å². The number of methoxy groups -OCH3 is 1. The fourth-order valence-electron chi connectivity index (χ4n) is 1.72. The zero-order valence-electron chi connectivity index (χ0n) is 9.71.